The minimum atomic E-state index is 0.119. The number of likely N-dealkylation sites (N-methyl/N-ethyl adjacent to an activating group) is 1. The quantitative estimate of drug-likeness (QED) is 0.680. The van der Waals surface area contributed by atoms with Crippen LogP contribution in [0, 0.1) is 5.92 Å². The molecule has 4 nitrogen and oxygen atoms in total. The summed E-state index contributed by atoms with van der Waals surface area (Å²) < 4.78 is 5.13. The molecule has 2 atom stereocenters. The Morgan fingerprint density at radius 3 is 2.60 bits per heavy atom. The molecule has 1 heterocycles. The molecule has 0 aromatic heterocycles. The molecule has 1 aliphatic heterocycles. The average molecular weight is 214 g/mol. The van der Waals surface area contributed by atoms with Crippen LogP contribution in [0.3, 0.4) is 0 Å². The standard InChI is InChI=1S/C11H22N2O2/c1-5-15-8-11(14)13-6-9(2)10(7-13)12(3)4/h9-10H,5-8H2,1-4H3. The Labute approximate surface area is 92.2 Å². The highest BCUT2D eigenvalue weighted by molar-refractivity contribution is 5.77. The van der Waals surface area contributed by atoms with Crippen LogP contribution in [0.15, 0.2) is 0 Å². The molecule has 88 valence electrons. The van der Waals surface area contributed by atoms with Gasteiger partial charge in [0.1, 0.15) is 6.61 Å². The molecule has 1 saturated heterocycles. The lowest BCUT2D eigenvalue weighted by molar-refractivity contribution is -0.135. The van der Waals surface area contributed by atoms with E-state index in [0.29, 0.717) is 18.6 Å². The molecule has 1 rings (SSSR count). The topological polar surface area (TPSA) is 32.8 Å². The van der Waals surface area contributed by atoms with Gasteiger partial charge in [-0.3, -0.25) is 4.79 Å². The van der Waals surface area contributed by atoms with Gasteiger partial charge in [0.2, 0.25) is 5.91 Å². The SMILES string of the molecule is CCOCC(=O)N1CC(C)C(N(C)C)C1. The lowest BCUT2D eigenvalue weighted by Gasteiger charge is -2.22. The van der Waals surface area contributed by atoms with Gasteiger partial charge in [-0.05, 0) is 26.9 Å². The van der Waals surface area contributed by atoms with E-state index in [2.05, 4.69) is 25.9 Å². The third-order valence-corrected chi connectivity index (χ3v) is 3.02. The number of hydrogen-bond acceptors (Lipinski definition) is 3. The number of amides is 1. The van der Waals surface area contributed by atoms with Crippen molar-refractivity contribution in [1.82, 2.24) is 9.80 Å². The van der Waals surface area contributed by atoms with E-state index in [9.17, 15) is 4.79 Å². The summed E-state index contributed by atoms with van der Waals surface area (Å²) in [5.41, 5.74) is 0. The summed E-state index contributed by atoms with van der Waals surface area (Å²) in [6.07, 6.45) is 0. The first-order valence-corrected chi connectivity index (χ1v) is 5.58. The van der Waals surface area contributed by atoms with Crippen molar-refractivity contribution >= 4 is 5.91 Å². The number of ether oxygens (including phenoxy) is 1. The Balaban J connectivity index is 2.43. The summed E-state index contributed by atoms with van der Waals surface area (Å²) in [5, 5.41) is 0. The van der Waals surface area contributed by atoms with Crippen LogP contribution in [0.2, 0.25) is 0 Å². The van der Waals surface area contributed by atoms with Crippen molar-refractivity contribution in [2.75, 3.05) is 40.4 Å². The first-order chi connectivity index (χ1) is 7.06. The molecule has 0 aliphatic carbocycles. The maximum atomic E-state index is 11.7. The van der Waals surface area contributed by atoms with Gasteiger partial charge in [0.05, 0.1) is 0 Å². The van der Waals surface area contributed by atoms with E-state index in [1.807, 2.05) is 11.8 Å². The zero-order chi connectivity index (χ0) is 11.4. The normalized spacial score (nSPS) is 26.3. The lowest BCUT2D eigenvalue weighted by atomic mass is 10.1. The molecule has 0 aromatic carbocycles. The molecular weight excluding hydrogens is 192 g/mol. The van der Waals surface area contributed by atoms with E-state index in [1.165, 1.54) is 0 Å². The van der Waals surface area contributed by atoms with Crippen LogP contribution in [0.4, 0.5) is 0 Å². The van der Waals surface area contributed by atoms with Crippen molar-refractivity contribution in [2.45, 2.75) is 19.9 Å². The second kappa shape index (κ2) is 5.47. The summed E-state index contributed by atoms with van der Waals surface area (Å²) >= 11 is 0. The number of rotatable bonds is 4. The van der Waals surface area contributed by atoms with Crippen LogP contribution in [0.5, 0.6) is 0 Å². The Morgan fingerprint density at radius 1 is 1.47 bits per heavy atom. The number of carbonyl (C=O) groups excluding carboxylic acids is 1. The Kier molecular flexibility index (Phi) is 4.54. The largest absolute Gasteiger partial charge is 0.372 e. The Bertz CT molecular complexity index is 219. The summed E-state index contributed by atoms with van der Waals surface area (Å²) in [6.45, 7) is 6.62. The first-order valence-electron chi connectivity index (χ1n) is 5.58. The van der Waals surface area contributed by atoms with Gasteiger partial charge in [-0.2, -0.15) is 0 Å². The molecule has 1 amide bonds. The molecule has 4 heteroatoms. The minimum absolute atomic E-state index is 0.119. The van der Waals surface area contributed by atoms with E-state index >= 15 is 0 Å². The lowest BCUT2D eigenvalue weighted by Crippen LogP contribution is -2.36. The van der Waals surface area contributed by atoms with Crippen molar-refractivity contribution in [3.05, 3.63) is 0 Å². The third-order valence-electron chi connectivity index (χ3n) is 3.02. The van der Waals surface area contributed by atoms with Crippen molar-refractivity contribution in [3.8, 4) is 0 Å². The maximum absolute atomic E-state index is 11.7. The minimum Gasteiger partial charge on any atom is -0.372 e. The van der Waals surface area contributed by atoms with Gasteiger partial charge in [0.15, 0.2) is 0 Å². The number of likely N-dealkylation sites (tertiary alicyclic amines) is 1. The fourth-order valence-electron chi connectivity index (χ4n) is 2.11. The van der Waals surface area contributed by atoms with Gasteiger partial charge in [0.25, 0.3) is 0 Å². The van der Waals surface area contributed by atoms with Crippen LogP contribution in [0.25, 0.3) is 0 Å². The Morgan fingerprint density at radius 2 is 2.13 bits per heavy atom. The van der Waals surface area contributed by atoms with E-state index < -0.39 is 0 Å². The Hall–Kier alpha value is -0.610. The van der Waals surface area contributed by atoms with Gasteiger partial charge < -0.3 is 14.5 Å². The van der Waals surface area contributed by atoms with Crippen LogP contribution >= 0.6 is 0 Å². The van der Waals surface area contributed by atoms with E-state index in [1.54, 1.807) is 0 Å². The smallest absolute Gasteiger partial charge is 0.248 e. The van der Waals surface area contributed by atoms with E-state index in [0.717, 1.165) is 13.1 Å². The average Bonchev–Trinajstić information content (AvgIpc) is 2.56. The number of nitrogens with zero attached hydrogens (tertiary/aromatic N) is 2. The molecule has 0 radical (unpaired) electrons. The molecule has 15 heavy (non-hydrogen) atoms. The molecule has 0 saturated carbocycles. The second-order valence-electron chi connectivity index (χ2n) is 4.44. The zero-order valence-corrected chi connectivity index (χ0v) is 10.2. The fourth-order valence-corrected chi connectivity index (χ4v) is 2.11. The fraction of sp³-hybridized carbons (Fsp3) is 0.909. The molecule has 0 aromatic rings. The molecule has 1 aliphatic rings. The van der Waals surface area contributed by atoms with Crippen molar-refractivity contribution in [2.24, 2.45) is 5.92 Å². The van der Waals surface area contributed by atoms with Gasteiger partial charge >= 0.3 is 0 Å². The van der Waals surface area contributed by atoms with Crippen molar-refractivity contribution < 1.29 is 9.53 Å². The molecule has 0 spiro atoms. The highest BCUT2D eigenvalue weighted by Crippen LogP contribution is 2.19. The number of hydrogen-bond donors (Lipinski definition) is 0. The van der Waals surface area contributed by atoms with Crippen molar-refractivity contribution in [3.63, 3.8) is 0 Å². The molecular formula is C11H22N2O2. The van der Waals surface area contributed by atoms with Gasteiger partial charge in [-0.25, -0.2) is 0 Å². The monoisotopic (exact) mass is 214 g/mol. The summed E-state index contributed by atoms with van der Waals surface area (Å²) in [5.74, 6) is 0.665. The van der Waals surface area contributed by atoms with Crippen LogP contribution in [-0.4, -0.2) is 62.1 Å². The van der Waals surface area contributed by atoms with Crippen LogP contribution < -0.4 is 0 Å². The molecule has 2 unspecified atom stereocenters. The summed E-state index contributed by atoms with van der Waals surface area (Å²) in [7, 11) is 4.13. The first kappa shape index (κ1) is 12.5. The summed E-state index contributed by atoms with van der Waals surface area (Å²) in [6, 6.07) is 0.482. The summed E-state index contributed by atoms with van der Waals surface area (Å²) in [4.78, 5) is 15.8. The van der Waals surface area contributed by atoms with Crippen LogP contribution in [-0.2, 0) is 9.53 Å². The van der Waals surface area contributed by atoms with Gasteiger partial charge in [-0.1, -0.05) is 6.92 Å². The van der Waals surface area contributed by atoms with Crippen LogP contribution in [0.1, 0.15) is 13.8 Å². The van der Waals surface area contributed by atoms with Crippen molar-refractivity contribution in [1.29, 1.82) is 0 Å². The van der Waals surface area contributed by atoms with Gasteiger partial charge in [-0.15, -0.1) is 0 Å². The molecule has 1 fully saturated rings. The number of carbonyl (C=O) groups is 1. The predicted molar refractivity (Wildman–Crippen MR) is 59.7 cm³/mol. The highest BCUT2D eigenvalue weighted by Gasteiger charge is 2.33. The molecule has 0 bridgehead atoms. The second-order valence-corrected chi connectivity index (χ2v) is 4.44. The highest BCUT2D eigenvalue weighted by atomic mass is 16.5. The third kappa shape index (κ3) is 3.18. The maximum Gasteiger partial charge on any atom is 0.248 e. The van der Waals surface area contributed by atoms with E-state index in [-0.39, 0.29) is 12.5 Å². The zero-order valence-electron chi connectivity index (χ0n) is 10.2. The molecule has 0 N–H and O–H groups in total. The van der Waals surface area contributed by atoms with Gasteiger partial charge in [0, 0.05) is 25.7 Å². The van der Waals surface area contributed by atoms with E-state index in [4.69, 9.17) is 4.74 Å². The predicted octanol–water partition coefficient (Wildman–Crippen LogP) is 0.431.